The van der Waals surface area contributed by atoms with Gasteiger partial charge in [0.15, 0.2) is 18.1 Å². The van der Waals surface area contributed by atoms with Gasteiger partial charge in [0.25, 0.3) is 5.91 Å². The maximum atomic E-state index is 12.6. The Morgan fingerprint density at radius 2 is 1.96 bits per heavy atom. The van der Waals surface area contributed by atoms with Crippen LogP contribution in [0.3, 0.4) is 0 Å². The van der Waals surface area contributed by atoms with Crippen LogP contribution >= 0.6 is 0 Å². The first-order valence-electron chi connectivity index (χ1n) is 9.20. The number of carbonyl (C=O) groups is 2. The fourth-order valence-corrected chi connectivity index (χ4v) is 3.47. The van der Waals surface area contributed by atoms with Gasteiger partial charge in [0, 0.05) is 12.2 Å². The Bertz CT molecular complexity index is 893. The number of benzene rings is 2. The van der Waals surface area contributed by atoms with Crippen LogP contribution in [-0.2, 0) is 16.0 Å². The van der Waals surface area contributed by atoms with E-state index in [4.69, 9.17) is 18.9 Å². The molecule has 7 nitrogen and oxygen atoms in total. The van der Waals surface area contributed by atoms with Crippen molar-refractivity contribution in [3.8, 4) is 17.2 Å². The minimum atomic E-state index is -0.617. The summed E-state index contributed by atoms with van der Waals surface area (Å²) < 4.78 is 21.6. The molecular formula is C21H21NO6. The lowest BCUT2D eigenvalue weighted by Gasteiger charge is -2.29. The summed E-state index contributed by atoms with van der Waals surface area (Å²) in [5, 5.41) is 0. The number of rotatable bonds is 4. The number of para-hydroxylation sites is 1. The fourth-order valence-electron chi connectivity index (χ4n) is 3.47. The van der Waals surface area contributed by atoms with Crippen molar-refractivity contribution in [3.63, 3.8) is 0 Å². The number of hydrogen-bond donors (Lipinski definition) is 0. The van der Waals surface area contributed by atoms with Crippen LogP contribution in [-0.4, -0.2) is 45.4 Å². The molecule has 2 aromatic carbocycles. The molecule has 2 aromatic rings. The molecular weight excluding hydrogens is 362 g/mol. The molecule has 0 fully saturated rings. The molecule has 2 aliphatic heterocycles. The number of amides is 1. The molecule has 0 saturated heterocycles. The summed E-state index contributed by atoms with van der Waals surface area (Å²) in [6, 6.07) is 10.9. The fraction of sp³-hybridized carbons (Fsp3) is 0.333. The molecule has 0 N–H and O–H groups in total. The van der Waals surface area contributed by atoms with E-state index in [0.29, 0.717) is 37.0 Å². The number of ether oxygens (including phenoxy) is 4. The largest absolute Gasteiger partial charge is 0.493 e. The minimum absolute atomic E-state index is 0.243. The maximum absolute atomic E-state index is 12.6. The van der Waals surface area contributed by atoms with Gasteiger partial charge in [-0.25, -0.2) is 4.79 Å². The quantitative estimate of drug-likeness (QED) is 0.756. The highest BCUT2D eigenvalue weighted by Crippen LogP contribution is 2.40. The third-order valence-electron chi connectivity index (χ3n) is 4.80. The number of carbonyl (C=O) groups excluding carboxylic acids is 2. The van der Waals surface area contributed by atoms with E-state index in [0.717, 1.165) is 24.1 Å². The van der Waals surface area contributed by atoms with Crippen molar-refractivity contribution in [2.75, 3.05) is 38.4 Å². The molecule has 146 valence electrons. The Balaban J connectivity index is 1.46. The molecule has 7 heteroatoms. The van der Waals surface area contributed by atoms with Crippen LogP contribution < -0.4 is 19.1 Å². The Hall–Kier alpha value is -3.22. The van der Waals surface area contributed by atoms with Crippen LogP contribution in [0.1, 0.15) is 22.3 Å². The Kier molecular flexibility index (Phi) is 5.06. The number of esters is 1. The molecule has 4 rings (SSSR count). The van der Waals surface area contributed by atoms with Crippen molar-refractivity contribution in [2.45, 2.75) is 12.8 Å². The van der Waals surface area contributed by atoms with Crippen molar-refractivity contribution in [1.29, 1.82) is 0 Å². The van der Waals surface area contributed by atoms with Crippen molar-refractivity contribution in [3.05, 3.63) is 47.5 Å². The summed E-state index contributed by atoms with van der Waals surface area (Å²) >= 11 is 0. The van der Waals surface area contributed by atoms with Gasteiger partial charge in [-0.15, -0.1) is 0 Å². The van der Waals surface area contributed by atoms with E-state index >= 15 is 0 Å². The first-order chi connectivity index (χ1) is 13.7. The molecule has 0 aromatic heterocycles. The number of methoxy groups -OCH3 is 1. The molecule has 2 aliphatic rings. The molecule has 0 saturated carbocycles. The van der Waals surface area contributed by atoms with E-state index in [1.807, 2.05) is 24.3 Å². The smallest absolute Gasteiger partial charge is 0.338 e. The highest BCUT2D eigenvalue weighted by Gasteiger charge is 2.25. The third-order valence-corrected chi connectivity index (χ3v) is 4.80. The predicted octanol–water partition coefficient (Wildman–Crippen LogP) is 2.60. The molecule has 0 bridgehead atoms. The summed E-state index contributed by atoms with van der Waals surface area (Å²) in [5.74, 6) is 0.416. The second-order valence-electron chi connectivity index (χ2n) is 6.56. The van der Waals surface area contributed by atoms with Crippen LogP contribution in [0, 0.1) is 0 Å². The average molecular weight is 383 g/mol. The summed E-state index contributed by atoms with van der Waals surface area (Å²) in [6.45, 7) is 1.09. The lowest BCUT2D eigenvalue weighted by atomic mass is 10.0. The second-order valence-corrected chi connectivity index (χ2v) is 6.56. The van der Waals surface area contributed by atoms with Crippen LogP contribution in [0.2, 0.25) is 0 Å². The van der Waals surface area contributed by atoms with E-state index in [1.54, 1.807) is 11.0 Å². The van der Waals surface area contributed by atoms with E-state index in [-0.39, 0.29) is 18.1 Å². The predicted molar refractivity (Wildman–Crippen MR) is 101 cm³/mol. The van der Waals surface area contributed by atoms with E-state index < -0.39 is 5.97 Å². The van der Waals surface area contributed by atoms with Gasteiger partial charge < -0.3 is 23.8 Å². The average Bonchev–Trinajstić information content (AvgIpc) is 2.76. The van der Waals surface area contributed by atoms with Crippen LogP contribution in [0.4, 0.5) is 5.69 Å². The SMILES string of the molecule is COc1cc(C(=O)OCC(=O)N2CCCc3ccccc32)cc2c1OCCO2. The molecule has 2 heterocycles. The topological polar surface area (TPSA) is 74.3 Å². The molecule has 1 amide bonds. The summed E-state index contributed by atoms with van der Waals surface area (Å²) in [4.78, 5) is 26.8. The van der Waals surface area contributed by atoms with Gasteiger partial charge in [-0.2, -0.15) is 0 Å². The van der Waals surface area contributed by atoms with Crippen molar-refractivity contribution < 1.29 is 28.5 Å². The van der Waals surface area contributed by atoms with E-state index in [2.05, 4.69) is 0 Å². The van der Waals surface area contributed by atoms with Gasteiger partial charge in [0.2, 0.25) is 5.75 Å². The van der Waals surface area contributed by atoms with Gasteiger partial charge >= 0.3 is 5.97 Å². The zero-order valence-corrected chi connectivity index (χ0v) is 15.6. The first kappa shape index (κ1) is 18.2. The van der Waals surface area contributed by atoms with Gasteiger partial charge in [-0.05, 0) is 36.6 Å². The maximum Gasteiger partial charge on any atom is 0.338 e. The lowest BCUT2D eigenvalue weighted by Crippen LogP contribution is -2.38. The highest BCUT2D eigenvalue weighted by atomic mass is 16.6. The Morgan fingerprint density at radius 3 is 2.82 bits per heavy atom. The van der Waals surface area contributed by atoms with Crippen molar-refractivity contribution in [1.82, 2.24) is 0 Å². The van der Waals surface area contributed by atoms with Crippen LogP contribution in [0.5, 0.6) is 17.2 Å². The van der Waals surface area contributed by atoms with E-state index in [1.165, 1.54) is 13.2 Å². The second kappa shape index (κ2) is 7.80. The zero-order valence-electron chi connectivity index (χ0n) is 15.6. The Morgan fingerprint density at radius 1 is 1.14 bits per heavy atom. The van der Waals surface area contributed by atoms with Crippen LogP contribution in [0.15, 0.2) is 36.4 Å². The first-order valence-corrected chi connectivity index (χ1v) is 9.20. The molecule has 0 spiro atoms. The van der Waals surface area contributed by atoms with Gasteiger partial charge in [-0.1, -0.05) is 18.2 Å². The number of fused-ring (bicyclic) bond motifs is 2. The normalized spacial score (nSPS) is 14.8. The number of nitrogens with zero attached hydrogens (tertiary/aromatic N) is 1. The monoisotopic (exact) mass is 383 g/mol. The molecule has 0 aliphatic carbocycles. The zero-order chi connectivity index (χ0) is 19.5. The van der Waals surface area contributed by atoms with Gasteiger partial charge in [0.1, 0.15) is 13.2 Å². The number of anilines is 1. The van der Waals surface area contributed by atoms with Gasteiger partial charge in [0.05, 0.1) is 12.7 Å². The minimum Gasteiger partial charge on any atom is -0.493 e. The Labute approximate surface area is 162 Å². The summed E-state index contributed by atoms with van der Waals surface area (Å²) in [6.07, 6.45) is 1.83. The van der Waals surface area contributed by atoms with Crippen LogP contribution in [0.25, 0.3) is 0 Å². The molecule has 0 unspecified atom stereocenters. The molecule has 0 atom stereocenters. The summed E-state index contributed by atoms with van der Waals surface area (Å²) in [7, 11) is 1.49. The highest BCUT2D eigenvalue weighted by molar-refractivity contribution is 5.98. The van der Waals surface area contributed by atoms with Crippen molar-refractivity contribution in [2.24, 2.45) is 0 Å². The lowest BCUT2D eigenvalue weighted by molar-refractivity contribution is -0.121. The van der Waals surface area contributed by atoms with Gasteiger partial charge in [-0.3, -0.25) is 4.79 Å². The number of aryl methyl sites for hydroxylation is 1. The summed E-state index contributed by atoms with van der Waals surface area (Å²) in [5.41, 5.74) is 2.26. The molecule has 0 radical (unpaired) electrons. The van der Waals surface area contributed by atoms with Crippen molar-refractivity contribution >= 4 is 17.6 Å². The standard InChI is InChI=1S/C21H21NO6/c1-25-17-11-15(12-18-20(17)27-10-9-26-18)21(24)28-13-19(23)22-8-4-6-14-5-2-3-7-16(14)22/h2-3,5,7,11-12H,4,6,8-10,13H2,1H3. The third kappa shape index (κ3) is 3.47. The molecule has 28 heavy (non-hydrogen) atoms. The van der Waals surface area contributed by atoms with E-state index in [9.17, 15) is 9.59 Å². The number of hydrogen-bond acceptors (Lipinski definition) is 6.